The highest BCUT2D eigenvalue weighted by Gasteiger charge is 2.64. The number of ether oxygens (including phenoxy) is 4. The molecule has 1 saturated heterocycles. The van der Waals surface area contributed by atoms with Crippen molar-refractivity contribution in [3.63, 3.8) is 0 Å². The first kappa shape index (κ1) is 30.2. The van der Waals surface area contributed by atoms with Crippen molar-refractivity contribution in [1.82, 2.24) is 0 Å². The Bertz CT molecular complexity index is 924. The Kier molecular flexibility index (Phi) is 8.15. The Labute approximate surface area is 225 Å². The van der Waals surface area contributed by atoms with E-state index in [2.05, 4.69) is 67.7 Å². The van der Waals surface area contributed by atoms with Crippen LogP contribution in [0.25, 0.3) is 0 Å². The molecule has 1 spiro atoms. The van der Waals surface area contributed by atoms with E-state index >= 15 is 0 Å². The molecule has 0 radical (unpaired) electrons. The summed E-state index contributed by atoms with van der Waals surface area (Å²) in [6.45, 7) is 23.9. The first-order chi connectivity index (χ1) is 16.8. The average molecular weight is 557 g/mol. The minimum absolute atomic E-state index is 0.0954. The van der Waals surface area contributed by atoms with Crippen LogP contribution in [0.1, 0.15) is 61.3 Å². The fourth-order valence-electron chi connectivity index (χ4n) is 4.90. The molecule has 0 aromatic carbocycles. The zero-order valence-corrected chi connectivity index (χ0v) is 26.9. The molecule has 2 aliphatic heterocycles. The SMILES string of the molecule is COC1=C(O[Si](C)(C)C(C)(C)C)C(=O)O[C@]12C[C@@H](C)[C@H](C(=O)O[Si](C)(C)C(C)(C)C)C[C@H]2C1OCCO1. The summed E-state index contributed by atoms with van der Waals surface area (Å²) >= 11 is 0. The van der Waals surface area contributed by atoms with E-state index in [1.165, 1.54) is 0 Å². The molecule has 212 valence electrons. The normalized spacial score (nSPS) is 30.1. The maximum atomic E-state index is 13.6. The van der Waals surface area contributed by atoms with E-state index in [-0.39, 0.29) is 33.6 Å². The molecule has 37 heavy (non-hydrogen) atoms. The van der Waals surface area contributed by atoms with Crippen LogP contribution in [0.4, 0.5) is 0 Å². The van der Waals surface area contributed by atoms with Gasteiger partial charge in [0.15, 0.2) is 17.7 Å². The highest BCUT2D eigenvalue weighted by atomic mass is 28.4. The molecular formula is C27H48O8Si2. The maximum Gasteiger partial charge on any atom is 0.377 e. The van der Waals surface area contributed by atoms with E-state index in [1.54, 1.807) is 7.11 Å². The Morgan fingerprint density at radius 1 is 0.973 bits per heavy atom. The summed E-state index contributed by atoms with van der Waals surface area (Å²) in [5.74, 6) is -1.13. The molecule has 8 nitrogen and oxygen atoms in total. The van der Waals surface area contributed by atoms with Crippen LogP contribution in [0.3, 0.4) is 0 Å². The number of carbonyl (C=O) groups is 2. The molecule has 1 aliphatic carbocycles. The van der Waals surface area contributed by atoms with Crippen molar-refractivity contribution < 1.29 is 37.4 Å². The van der Waals surface area contributed by atoms with Crippen molar-refractivity contribution in [1.29, 1.82) is 0 Å². The van der Waals surface area contributed by atoms with Gasteiger partial charge in [-0.25, -0.2) is 4.79 Å². The van der Waals surface area contributed by atoms with E-state index in [0.29, 0.717) is 31.8 Å². The van der Waals surface area contributed by atoms with Gasteiger partial charge in [-0.3, -0.25) is 4.79 Å². The van der Waals surface area contributed by atoms with E-state index < -0.39 is 40.4 Å². The second-order valence-electron chi connectivity index (χ2n) is 13.9. The summed E-state index contributed by atoms with van der Waals surface area (Å²) in [5, 5.41) is -0.216. The van der Waals surface area contributed by atoms with Crippen molar-refractivity contribution in [2.75, 3.05) is 20.3 Å². The third kappa shape index (κ3) is 5.53. The van der Waals surface area contributed by atoms with Crippen LogP contribution in [0.2, 0.25) is 36.3 Å². The first-order valence-corrected chi connectivity index (χ1v) is 19.3. The lowest BCUT2D eigenvalue weighted by molar-refractivity contribution is -0.199. The molecule has 0 aromatic heterocycles. The minimum Gasteiger partial charge on any atom is -0.536 e. The monoisotopic (exact) mass is 556 g/mol. The third-order valence-corrected chi connectivity index (χ3v) is 17.9. The number of methoxy groups -OCH3 is 1. The Balaban J connectivity index is 2.01. The van der Waals surface area contributed by atoms with Gasteiger partial charge >= 0.3 is 5.97 Å². The Hall–Kier alpha value is -1.37. The lowest BCUT2D eigenvalue weighted by Crippen LogP contribution is -2.55. The Morgan fingerprint density at radius 2 is 1.51 bits per heavy atom. The van der Waals surface area contributed by atoms with Gasteiger partial charge in [0.25, 0.3) is 22.6 Å². The molecule has 0 N–H and O–H groups in total. The summed E-state index contributed by atoms with van der Waals surface area (Å²) < 4.78 is 36.7. The number of hydrogen-bond donors (Lipinski definition) is 0. The van der Waals surface area contributed by atoms with Crippen LogP contribution in [-0.2, 0) is 37.4 Å². The molecule has 0 bridgehead atoms. The van der Waals surface area contributed by atoms with Gasteiger partial charge in [0.1, 0.15) is 0 Å². The van der Waals surface area contributed by atoms with Gasteiger partial charge in [-0.1, -0.05) is 48.5 Å². The topological polar surface area (TPSA) is 89.5 Å². The first-order valence-electron chi connectivity index (χ1n) is 13.4. The molecule has 1 saturated carbocycles. The lowest BCUT2D eigenvalue weighted by Gasteiger charge is -2.47. The molecule has 4 atom stereocenters. The van der Waals surface area contributed by atoms with Gasteiger partial charge in [0, 0.05) is 0 Å². The molecule has 10 heteroatoms. The van der Waals surface area contributed by atoms with Gasteiger partial charge in [-0.05, 0) is 55.0 Å². The summed E-state index contributed by atoms with van der Waals surface area (Å²) in [6.07, 6.45) is 0.158. The minimum atomic E-state index is -2.37. The molecule has 3 rings (SSSR count). The quantitative estimate of drug-likeness (QED) is 0.302. The van der Waals surface area contributed by atoms with Crippen LogP contribution in [0.15, 0.2) is 11.5 Å². The van der Waals surface area contributed by atoms with Crippen molar-refractivity contribution in [2.24, 2.45) is 17.8 Å². The Morgan fingerprint density at radius 3 is 2.00 bits per heavy atom. The van der Waals surface area contributed by atoms with Crippen molar-refractivity contribution in [3.05, 3.63) is 11.5 Å². The zero-order valence-electron chi connectivity index (χ0n) is 24.9. The maximum absolute atomic E-state index is 13.6. The second kappa shape index (κ2) is 9.99. The molecule has 0 aromatic rings. The average Bonchev–Trinajstić information content (AvgIpc) is 3.33. The van der Waals surface area contributed by atoms with Crippen LogP contribution in [-0.4, -0.2) is 60.8 Å². The second-order valence-corrected chi connectivity index (χ2v) is 23.4. The summed E-state index contributed by atoms with van der Waals surface area (Å²) in [7, 11) is -3.13. The van der Waals surface area contributed by atoms with Crippen LogP contribution < -0.4 is 0 Å². The fourth-order valence-corrected chi connectivity index (χ4v) is 6.85. The standard InChI is InChI=1S/C27H48O8Si2/c1-17-16-27(21(30-8)20(23(29)33-27)34-36(9,10)25(2,3)4)19(24-31-13-14-32-24)15-18(17)22(28)35-37(11,12)26(5,6)7/h17-19,24H,13-16H2,1-12H3/t17-,18-,19+,27+/m1/s1. The molecule has 0 unspecified atom stereocenters. The zero-order chi connectivity index (χ0) is 28.2. The fraction of sp³-hybridized carbons (Fsp3) is 0.852. The van der Waals surface area contributed by atoms with Crippen LogP contribution >= 0.6 is 0 Å². The van der Waals surface area contributed by atoms with E-state index in [0.717, 1.165) is 0 Å². The summed E-state index contributed by atoms with van der Waals surface area (Å²) in [6, 6.07) is 0. The van der Waals surface area contributed by atoms with Gasteiger partial charge in [-0.15, -0.1) is 0 Å². The molecule has 2 fully saturated rings. The smallest absolute Gasteiger partial charge is 0.377 e. The van der Waals surface area contributed by atoms with E-state index in [9.17, 15) is 9.59 Å². The largest absolute Gasteiger partial charge is 0.536 e. The predicted octanol–water partition coefficient (Wildman–Crippen LogP) is 5.75. The number of carbonyl (C=O) groups excluding carboxylic acids is 2. The number of hydrogen-bond acceptors (Lipinski definition) is 8. The number of esters is 1. The van der Waals surface area contributed by atoms with E-state index in [4.69, 9.17) is 27.8 Å². The summed E-state index contributed by atoms with van der Waals surface area (Å²) in [4.78, 5) is 26.9. The van der Waals surface area contributed by atoms with Crippen LogP contribution in [0, 0.1) is 17.8 Å². The molecule has 2 heterocycles. The molecule has 3 aliphatic rings. The number of rotatable bonds is 6. The van der Waals surface area contributed by atoms with Crippen molar-refractivity contribution in [3.8, 4) is 0 Å². The van der Waals surface area contributed by atoms with Crippen molar-refractivity contribution in [2.45, 2.75) is 109 Å². The highest BCUT2D eigenvalue weighted by molar-refractivity contribution is 6.75. The van der Waals surface area contributed by atoms with Gasteiger partial charge in [0.05, 0.1) is 32.2 Å². The van der Waals surface area contributed by atoms with Gasteiger partial charge in [-0.2, -0.15) is 0 Å². The van der Waals surface area contributed by atoms with Crippen LogP contribution in [0.5, 0.6) is 0 Å². The van der Waals surface area contributed by atoms with Crippen molar-refractivity contribution >= 4 is 28.6 Å². The lowest BCUT2D eigenvalue weighted by atomic mass is 9.65. The molecular weight excluding hydrogens is 508 g/mol. The van der Waals surface area contributed by atoms with Gasteiger partial charge in [0.2, 0.25) is 5.76 Å². The summed E-state index contributed by atoms with van der Waals surface area (Å²) in [5.41, 5.74) is -1.13. The van der Waals surface area contributed by atoms with Gasteiger partial charge < -0.3 is 27.8 Å². The molecule has 0 amide bonds. The highest BCUT2D eigenvalue weighted by Crippen LogP contribution is 2.54. The predicted molar refractivity (Wildman–Crippen MR) is 145 cm³/mol. The van der Waals surface area contributed by atoms with E-state index in [1.807, 2.05) is 6.92 Å². The third-order valence-electron chi connectivity index (χ3n) is 9.28.